The van der Waals surface area contributed by atoms with E-state index in [1.807, 2.05) is 12.1 Å². The smallest absolute Gasteiger partial charge is 0.231 e. The van der Waals surface area contributed by atoms with Crippen LogP contribution in [0, 0.1) is 5.41 Å². The number of halogens is 2. The Balaban J connectivity index is 1.79. The topological polar surface area (TPSA) is 44.2 Å². The van der Waals surface area contributed by atoms with Crippen LogP contribution in [-0.4, -0.2) is 27.4 Å². The second kappa shape index (κ2) is 4.60. The van der Waals surface area contributed by atoms with Crippen LogP contribution in [0.2, 0.25) is 0 Å². The van der Waals surface area contributed by atoms with Crippen LogP contribution in [0.3, 0.4) is 0 Å². The van der Waals surface area contributed by atoms with Gasteiger partial charge in [-0.2, -0.15) is 0 Å². The molecule has 1 aromatic carbocycles. The first-order valence-corrected chi connectivity index (χ1v) is 10.1. The van der Waals surface area contributed by atoms with E-state index in [1.54, 1.807) is 0 Å². The molecule has 4 nitrogen and oxygen atoms in total. The Morgan fingerprint density at radius 1 is 1.13 bits per heavy atom. The maximum atomic E-state index is 5.49. The largest absolute Gasteiger partial charge is 0.454 e. The van der Waals surface area contributed by atoms with Crippen molar-refractivity contribution < 1.29 is 9.47 Å². The van der Waals surface area contributed by atoms with Gasteiger partial charge in [0.2, 0.25) is 6.79 Å². The second-order valence-corrected chi connectivity index (χ2v) is 8.13. The van der Waals surface area contributed by atoms with E-state index < -0.39 is 0 Å². The summed E-state index contributed by atoms with van der Waals surface area (Å²) in [6.07, 6.45) is 2.36. The summed E-state index contributed by atoms with van der Waals surface area (Å²) in [6.45, 7) is 2.65. The number of ether oxygens (including phenoxy) is 2. The highest BCUT2D eigenvalue weighted by atomic mass is 79.9. The highest BCUT2D eigenvalue weighted by molar-refractivity contribution is 9.09. The maximum Gasteiger partial charge on any atom is 0.231 e. The van der Waals surface area contributed by atoms with Crippen LogP contribution in [0.4, 0.5) is 0 Å². The zero-order chi connectivity index (χ0) is 15.8. The zero-order valence-corrected chi connectivity index (χ0v) is 15.9. The Kier molecular flexibility index (Phi) is 2.89. The van der Waals surface area contributed by atoms with E-state index in [0.29, 0.717) is 5.92 Å². The van der Waals surface area contributed by atoms with Gasteiger partial charge in [0.25, 0.3) is 0 Å². The van der Waals surface area contributed by atoms with E-state index >= 15 is 0 Å². The minimum Gasteiger partial charge on any atom is -0.454 e. The summed E-state index contributed by atoms with van der Waals surface area (Å²) in [5, 5.41) is 1.89. The van der Waals surface area contributed by atoms with E-state index in [9.17, 15) is 0 Å². The molecular formula is C17H16Br2N2O2. The lowest BCUT2D eigenvalue weighted by molar-refractivity contribution is 0.174. The van der Waals surface area contributed by atoms with Gasteiger partial charge in [-0.3, -0.25) is 0 Å². The first-order valence-electron chi connectivity index (χ1n) is 7.87. The maximum absolute atomic E-state index is 5.49. The molecule has 0 radical (unpaired) electrons. The Bertz CT molecular complexity index is 843. The lowest BCUT2D eigenvalue weighted by atomic mass is 9.70. The van der Waals surface area contributed by atoms with E-state index in [2.05, 4.69) is 38.8 Å². The molecule has 1 aliphatic heterocycles. The minimum atomic E-state index is 0.0636. The van der Waals surface area contributed by atoms with E-state index in [4.69, 9.17) is 19.4 Å². The predicted molar refractivity (Wildman–Crippen MR) is 95.0 cm³/mol. The zero-order valence-electron chi connectivity index (χ0n) is 12.7. The highest BCUT2D eigenvalue weighted by Crippen LogP contribution is 2.68. The first kappa shape index (κ1) is 14.5. The Hall–Kier alpha value is -0.880. The van der Waals surface area contributed by atoms with Gasteiger partial charge < -0.3 is 9.47 Å². The molecule has 1 aromatic heterocycles. The van der Waals surface area contributed by atoms with Gasteiger partial charge >= 0.3 is 0 Å². The van der Waals surface area contributed by atoms with Crippen molar-refractivity contribution in [1.29, 1.82) is 0 Å². The molecule has 3 aliphatic rings. The molecule has 3 unspecified atom stereocenters. The van der Waals surface area contributed by atoms with Gasteiger partial charge in [-0.15, -0.1) is 0 Å². The van der Waals surface area contributed by atoms with Gasteiger partial charge in [-0.25, -0.2) is 9.97 Å². The lowest BCUT2D eigenvalue weighted by Crippen LogP contribution is -2.40. The summed E-state index contributed by atoms with van der Waals surface area (Å²) in [5.74, 6) is 2.01. The molecule has 6 heteroatoms. The monoisotopic (exact) mass is 438 g/mol. The lowest BCUT2D eigenvalue weighted by Gasteiger charge is -2.38. The average molecular weight is 440 g/mol. The number of rotatable bonds is 2. The van der Waals surface area contributed by atoms with E-state index in [1.165, 1.54) is 24.2 Å². The third kappa shape index (κ3) is 1.57. The van der Waals surface area contributed by atoms with Gasteiger partial charge in [0.05, 0.1) is 22.4 Å². The van der Waals surface area contributed by atoms with Crippen molar-refractivity contribution in [3.8, 4) is 11.5 Å². The highest BCUT2D eigenvalue weighted by Gasteiger charge is 2.65. The van der Waals surface area contributed by atoms with Crippen molar-refractivity contribution >= 4 is 42.9 Å². The van der Waals surface area contributed by atoms with Crippen LogP contribution in [0.15, 0.2) is 12.1 Å². The van der Waals surface area contributed by atoms with Gasteiger partial charge in [-0.05, 0) is 18.3 Å². The number of hydrogen-bond donors (Lipinski definition) is 0. The fraction of sp³-hybridized carbons (Fsp3) is 0.529. The summed E-state index contributed by atoms with van der Waals surface area (Å²) in [7, 11) is 0. The van der Waals surface area contributed by atoms with Crippen molar-refractivity contribution in [2.45, 2.75) is 31.1 Å². The predicted octanol–water partition coefficient (Wildman–Crippen LogP) is 4.28. The standard InChI is InChI=1S/C17H16Br2N2O2/c1-16(6-18)9-2-3-17(16,7-19)15-14(9)20-10-4-12-13(23-8-22-12)5-11(10)21-15/h4-5,9H,2-3,6-8H2,1H3. The summed E-state index contributed by atoms with van der Waals surface area (Å²) in [5.41, 5.74) is 4.39. The third-order valence-corrected chi connectivity index (χ3v) is 8.32. The Labute approximate surface area is 151 Å². The molecule has 0 spiro atoms. The molecule has 2 aromatic rings. The molecule has 2 bridgehead atoms. The Morgan fingerprint density at radius 2 is 1.83 bits per heavy atom. The van der Waals surface area contributed by atoms with Crippen molar-refractivity contribution in [3.05, 3.63) is 23.5 Å². The molecule has 0 saturated heterocycles. The molecule has 120 valence electrons. The summed E-state index contributed by atoms with van der Waals surface area (Å²) < 4.78 is 11.0. The Morgan fingerprint density at radius 3 is 2.48 bits per heavy atom. The van der Waals surface area contributed by atoms with Gasteiger partial charge in [0.15, 0.2) is 11.5 Å². The van der Waals surface area contributed by atoms with Crippen LogP contribution in [-0.2, 0) is 5.41 Å². The first-order chi connectivity index (χ1) is 11.1. The van der Waals surface area contributed by atoms with Gasteiger partial charge in [-0.1, -0.05) is 38.8 Å². The molecule has 0 amide bonds. The average Bonchev–Trinajstić information content (AvgIpc) is 3.19. The fourth-order valence-corrected chi connectivity index (χ4v) is 6.83. The molecule has 1 saturated carbocycles. The quantitative estimate of drug-likeness (QED) is 0.655. The van der Waals surface area contributed by atoms with Crippen molar-refractivity contribution in [2.24, 2.45) is 5.41 Å². The third-order valence-electron chi connectivity index (χ3n) is 6.20. The van der Waals surface area contributed by atoms with E-state index in [-0.39, 0.29) is 17.6 Å². The summed E-state index contributed by atoms with van der Waals surface area (Å²) in [6, 6.07) is 3.92. The molecular weight excluding hydrogens is 424 g/mol. The van der Waals surface area contributed by atoms with Gasteiger partial charge in [0, 0.05) is 34.1 Å². The van der Waals surface area contributed by atoms with Crippen LogP contribution in [0.25, 0.3) is 11.0 Å². The molecule has 3 atom stereocenters. The SMILES string of the molecule is CC1(CBr)C2CCC1(CBr)c1nc3cc4c(cc3nc12)OCO4. The van der Waals surface area contributed by atoms with Crippen molar-refractivity contribution in [2.75, 3.05) is 17.5 Å². The second-order valence-electron chi connectivity index (χ2n) is 7.01. The molecule has 23 heavy (non-hydrogen) atoms. The van der Waals surface area contributed by atoms with E-state index in [0.717, 1.165) is 33.2 Å². The number of fused-ring (bicyclic) bond motifs is 7. The molecule has 2 heterocycles. The number of benzene rings is 1. The van der Waals surface area contributed by atoms with Crippen molar-refractivity contribution in [1.82, 2.24) is 9.97 Å². The number of aromatic nitrogens is 2. The fourth-order valence-electron chi connectivity index (χ4n) is 4.71. The van der Waals surface area contributed by atoms with Crippen LogP contribution in [0.5, 0.6) is 11.5 Å². The number of hydrogen-bond acceptors (Lipinski definition) is 4. The summed E-state index contributed by atoms with van der Waals surface area (Å²) in [4.78, 5) is 10.1. The summed E-state index contributed by atoms with van der Waals surface area (Å²) >= 11 is 7.56. The number of nitrogens with zero attached hydrogens (tertiary/aromatic N) is 2. The van der Waals surface area contributed by atoms with Crippen LogP contribution in [0.1, 0.15) is 37.1 Å². The van der Waals surface area contributed by atoms with Gasteiger partial charge in [0.1, 0.15) is 0 Å². The van der Waals surface area contributed by atoms with Crippen LogP contribution >= 0.6 is 31.9 Å². The molecule has 0 N–H and O–H groups in total. The minimum absolute atomic E-state index is 0.0636. The normalized spacial score (nSPS) is 33.4. The van der Waals surface area contributed by atoms with Crippen LogP contribution < -0.4 is 9.47 Å². The molecule has 1 fully saturated rings. The molecule has 5 rings (SSSR count). The van der Waals surface area contributed by atoms with Crippen molar-refractivity contribution in [3.63, 3.8) is 0 Å². The molecule has 2 aliphatic carbocycles. The number of alkyl halides is 2.